The molecule has 0 amide bonds. The van der Waals surface area contributed by atoms with E-state index in [1.165, 1.54) is 0 Å². The molecule has 1 saturated carbocycles. The van der Waals surface area contributed by atoms with E-state index in [1.807, 2.05) is 43.7 Å². The van der Waals surface area contributed by atoms with Crippen LogP contribution in [0.15, 0.2) is 43.0 Å². The molecule has 1 N–H and O–H groups in total. The van der Waals surface area contributed by atoms with Gasteiger partial charge in [-0.2, -0.15) is 0 Å². The van der Waals surface area contributed by atoms with Crippen LogP contribution in [0.2, 0.25) is 0 Å². The number of aromatic nitrogens is 4. The van der Waals surface area contributed by atoms with E-state index in [0.717, 1.165) is 42.2 Å². The van der Waals surface area contributed by atoms with Gasteiger partial charge in [0.2, 0.25) is 0 Å². The third-order valence-electron chi connectivity index (χ3n) is 4.49. The Morgan fingerprint density at radius 1 is 1.26 bits per heavy atom. The van der Waals surface area contributed by atoms with Gasteiger partial charge < -0.3 is 14.4 Å². The molecule has 4 rings (SSSR count). The van der Waals surface area contributed by atoms with Crippen molar-refractivity contribution in [3.05, 3.63) is 54.4 Å². The summed E-state index contributed by atoms with van der Waals surface area (Å²) in [6.45, 7) is 0.717. The van der Waals surface area contributed by atoms with Gasteiger partial charge in [0, 0.05) is 30.9 Å². The summed E-state index contributed by atoms with van der Waals surface area (Å²) in [6.07, 6.45) is 6.96. The monoisotopic (exact) mass is 309 g/mol. The second-order valence-corrected chi connectivity index (χ2v) is 6.16. The number of nitrogens with zero attached hydrogens (tertiary/aromatic N) is 5. The summed E-state index contributed by atoms with van der Waals surface area (Å²) >= 11 is 0. The minimum Gasteiger partial charge on any atom is -0.393 e. The number of pyridine rings is 1. The van der Waals surface area contributed by atoms with Crippen molar-refractivity contribution < 1.29 is 5.11 Å². The summed E-state index contributed by atoms with van der Waals surface area (Å²) in [5.74, 6) is 1.25. The molecule has 0 radical (unpaired) electrons. The minimum atomic E-state index is -0.172. The van der Waals surface area contributed by atoms with Crippen molar-refractivity contribution in [1.29, 1.82) is 0 Å². The van der Waals surface area contributed by atoms with E-state index in [2.05, 4.69) is 24.3 Å². The molecule has 0 spiro atoms. The van der Waals surface area contributed by atoms with Gasteiger partial charge in [0.15, 0.2) is 0 Å². The summed E-state index contributed by atoms with van der Waals surface area (Å²) in [5.41, 5.74) is 3.08. The molecule has 3 aromatic rings. The number of aliphatic hydroxyl groups excluding tert-OH is 1. The smallest absolute Gasteiger partial charge is 0.136 e. The standard InChI is InChI=1S/C17H19N5O/c1-21(10-13-9-18-16-4-2-3-5-22(13)16)17-8-15(19-11-20-17)12-6-14(23)7-12/h2-5,8-9,11-12,14,23H,6-7,10H2,1H3. The Morgan fingerprint density at radius 2 is 2.13 bits per heavy atom. The van der Waals surface area contributed by atoms with Crippen LogP contribution in [0.3, 0.4) is 0 Å². The molecule has 0 unspecified atom stereocenters. The van der Waals surface area contributed by atoms with Crippen molar-refractivity contribution in [2.24, 2.45) is 0 Å². The SMILES string of the molecule is CN(Cc1cnc2ccccn12)c1cc(C2CC(O)C2)ncn1. The Balaban J connectivity index is 1.55. The number of hydrogen-bond acceptors (Lipinski definition) is 5. The fourth-order valence-electron chi connectivity index (χ4n) is 3.05. The highest BCUT2D eigenvalue weighted by molar-refractivity contribution is 5.43. The van der Waals surface area contributed by atoms with Crippen LogP contribution in [0.1, 0.15) is 30.1 Å². The Kier molecular flexibility index (Phi) is 3.46. The first kappa shape index (κ1) is 14.1. The van der Waals surface area contributed by atoms with E-state index >= 15 is 0 Å². The van der Waals surface area contributed by atoms with Crippen LogP contribution in [0.25, 0.3) is 5.65 Å². The van der Waals surface area contributed by atoms with E-state index in [4.69, 9.17) is 0 Å². The molecular formula is C17H19N5O. The van der Waals surface area contributed by atoms with Gasteiger partial charge in [-0.25, -0.2) is 15.0 Å². The maximum absolute atomic E-state index is 9.47. The molecule has 6 heteroatoms. The summed E-state index contributed by atoms with van der Waals surface area (Å²) in [5, 5.41) is 9.47. The lowest BCUT2D eigenvalue weighted by atomic mass is 9.80. The van der Waals surface area contributed by atoms with Crippen LogP contribution in [0, 0.1) is 0 Å². The van der Waals surface area contributed by atoms with Gasteiger partial charge in [0.05, 0.1) is 24.5 Å². The van der Waals surface area contributed by atoms with Crippen LogP contribution >= 0.6 is 0 Å². The third kappa shape index (κ3) is 2.66. The number of hydrogen-bond donors (Lipinski definition) is 1. The maximum Gasteiger partial charge on any atom is 0.136 e. The van der Waals surface area contributed by atoms with Crippen LogP contribution in [-0.4, -0.2) is 37.6 Å². The molecule has 3 aromatic heterocycles. The van der Waals surface area contributed by atoms with Gasteiger partial charge in [-0.3, -0.25) is 0 Å². The van der Waals surface area contributed by atoms with E-state index in [1.54, 1.807) is 6.33 Å². The number of anilines is 1. The lowest BCUT2D eigenvalue weighted by molar-refractivity contribution is 0.0732. The first-order chi connectivity index (χ1) is 11.2. The van der Waals surface area contributed by atoms with Crippen molar-refractivity contribution in [1.82, 2.24) is 19.4 Å². The van der Waals surface area contributed by atoms with E-state index in [0.29, 0.717) is 5.92 Å². The fraction of sp³-hybridized carbons (Fsp3) is 0.353. The zero-order valence-corrected chi connectivity index (χ0v) is 13.0. The van der Waals surface area contributed by atoms with E-state index in [-0.39, 0.29) is 6.10 Å². The fourth-order valence-corrected chi connectivity index (χ4v) is 3.05. The van der Waals surface area contributed by atoms with Gasteiger partial charge in [0.1, 0.15) is 17.8 Å². The number of rotatable bonds is 4. The summed E-state index contributed by atoms with van der Waals surface area (Å²) in [7, 11) is 2.02. The summed E-state index contributed by atoms with van der Waals surface area (Å²) < 4.78 is 2.08. The molecule has 118 valence electrons. The largest absolute Gasteiger partial charge is 0.393 e. The molecule has 0 saturated heterocycles. The highest BCUT2D eigenvalue weighted by Crippen LogP contribution is 2.36. The second kappa shape index (κ2) is 5.62. The third-order valence-corrected chi connectivity index (χ3v) is 4.49. The Bertz CT molecular complexity index is 824. The Morgan fingerprint density at radius 3 is 2.96 bits per heavy atom. The predicted octanol–water partition coefficient (Wildman–Crippen LogP) is 2.00. The maximum atomic E-state index is 9.47. The van der Waals surface area contributed by atoms with Gasteiger partial charge in [0.25, 0.3) is 0 Å². The molecule has 0 aromatic carbocycles. The quantitative estimate of drug-likeness (QED) is 0.798. The van der Waals surface area contributed by atoms with Crippen molar-refractivity contribution in [3.8, 4) is 0 Å². The van der Waals surface area contributed by atoms with Crippen molar-refractivity contribution in [2.75, 3.05) is 11.9 Å². The molecule has 6 nitrogen and oxygen atoms in total. The van der Waals surface area contributed by atoms with Crippen molar-refractivity contribution >= 4 is 11.5 Å². The molecule has 1 fully saturated rings. The normalized spacial score (nSPS) is 20.4. The minimum absolute atomic E-state index is 0.172. The van der Waals surface area contributed by atoms with Crippen LogP contribution < -0.4 is 4.90 Å². The number of imidazole rings is 1. The highest BCUT2D eigenvalue weighted by Gasteiger charge is 2.29. The lowest BCUT2D eigenvalue weighted by Gasteiger charge is -2.31. The summed E-state index contributed by atoms with van der Waals surface area (Å²) in [6, 6.07) is 8.01. The molecule has 0 bridgehead atoms. The van der Waals surface area contributed by atoms with Crippen LogP contribution in [0.4, 0.5) is 5.82 Å². The molecule has 3 heterocycles. The molecule has 1 aliphatic rings. The topological polar surface area (TPSA) is 66.6 Å². The Hall–Kier alpha value is -2.47. The highest BCUT2D eigenvalue weighted by atomic mass is 16.3. The molecule has 1 aliphatic carbocycles. The number of aliphatic hydroxyl groups is 1. The zero-order chi connectivity index (χ0) is 15.8. The lowest BCUT2D eigenvalue weighted by Crippen LogP contribution is -2.27. The molecular weight excluding hydrogens is 290 g/mol. The van der Waals surface area contributed by atoms with Gasteiger partial charge in [-0.15, -0.1) is 0 Å². The van der Waals surface area contributed by atoms with E-state index < -0.39 is 0 Å². The zero-order valence-electron chi connectivity index (χ0n) is 13.0. The van der Waals surface area contributed by atoms with Gasteiger partial charge in [-0.05, 0) is 25.0 Å². The van der Waals surface area contributed by atoms with Crippen molar-refractivity contribution in [3.63, 3.8) is 0 Å². The van der Waals surface area contributed by atoms with Crippen LogP contribution in [-0.2, 0) is 6.54 Å². The first-order valence-corrected chi connectivity index (χ1v) is 7.83. The second-order valence-electron chi connectivity index (χ2n) is 6.16. The van der Waals surface area contributed by atoms with Crippen molar-refractivity contribution in [2.45, 2.75) is 31.4 Å². The predicted molar refractivity (Wildman–Crippen MR) is 87.3 cm³/mol. The molecule has 0 aliphatic heterocycles. The number of fused-ring (bicyclic) bond motifs is 1. The average Bonchev–Trinajstić information content (AvgIpc) is 2.95. The molecule has 0 atom stereocenters. The summed E-state index contributed by atoms with van der Waals surface area (Å²) in [4.78, 5) is 15.3. The van der Waals surface area contributed by atoms with Gasteiger partial charge >= 0.3 is 0 Å². The van der Waals surface area contributed by atoms with E-state index in [9.17, 15) is 5.11 Å². The van der Waals surface area contributed by atoms with Crippen LogP contribution in [0.5, 0.6) is 0 Å². The van der Waals surface area contributed by atoms with Gasteiger partial charge in [-0.1, -0.05) is 6.07 Å². The molecule has 23 heavy (non-hydrogen) atoms. The Labute approximate surface area is 134 Å². The first-order valence-electron chi connectivity index (χ1n) is 7.83. The average molecular weight is 309 g/mol.